The smallest absolute Gasteiger partial charge is 0.306 e. The van der Waals surface area contributed by atoms with Crippen molar-refractivity contribution in [2.24, 2.45) is 40.7 Å². The van der Waals surface area contributed by atoms with Gasteiger partial charge in [-0.25, -0.2) is 0 Å². The van der Waals surface area contributed by atoms with E-state index in [4.69, 9.17) is 10.5 Å². The summed E-state index contributed by atoms with van der Waals surface area (Å²) in [6.07, 6.45) is 20.3. The van der Waals surface area contributed by atoms with Gasteiger partial charge in [0.05, 0.1) is 6.10 Å². The van der Waals surface area contributed by atoms with Crippen molar-refractivity contribution in [3.05, 3.63) is 0 Å². The minimum Gasteiger partial charge on any atom is -0.463 e. The van der Waals surface area contributed by atoms with Crippen LogP contribution >= 0.6 is 0 Å². The Labute approximate surface area is 253 Å². The Hall–Kier alpha value is -0.690. The number of nitrogens with one attached hydrogen (secondary N) is 3. The molecule has 0 saturated heterocycles. The molecule has 3 aliphatic carbocycles. The third-order valence-electron chi connectivity index (χ3n) is 11.1. The predicted molar refractivity (Wildman–Crippen MR) is 173 cm³/mol. The van der Waals surface area contributed by atoms with Crippen LogP contribution in [0.4, 0.5) is 0 Å². The van der Waals surface area contributed by atoms with Gasteiger partial charge in [-0.2, -0.15) is 0 Å². The number of esters is 1. The van der Waals surface area contributed by atoms with Gasteiger partial charge in [0.15, 0.2) is 0 Å². The Balaban J connectivity index is 1.37. The molecular weight excluding hydrogens is 508 g/mol. The van der Waals surface area contributed by atoms with E-state index in [-0.39, 0.29) is 12.1 Å². The van der Waals surface area contributed by atoms with Crippen molar-refractivity contribution >= 4 is 5.97 Å². The first-order valence-corrected chi connectivity index (χ1v) is 17.9. The number of rotatable bonds is 17. The number of nitrogens with two attached hydrogens (primary N) is 1. The summed E-state index contributed by atoms with van der Waals surface area (Å²) in [4.78, 5) is 12.1. The van der Waals surface area contributed by atoms with E-state index < -0.39 is 0 Å². The molecule has 3 aliphatic rings. The average molecular weight is 577 g/mol. The molecule has 3 saturated carbocycles. The topological polar surface area (TPSA) is 88.4 Å². The quantitative estimate of drug-likeness (QED) is 0.118. The van der Waals surface area contributed by atoms with E-state index >= 15 is 0 Å². The first-order valence-electron chi connectivity index (χ1n) is 17.9. The van der Waals surface area contributed by atoms with Crippen LogP contribution in [0, 0.1) is 35.0 Å². The van der Waals surface area contributed by atoms with E-state index in [9.17, 15) is 4.79 Å². The van der Waals surface area contributed by atoms with Gasteiger partial charge >= 0.3 is 5.97 Å². The highest BCUT2D eigenvalue weighted by Gasteiger charge is 2.52. The lowest BCUT2D eigenvalue weighted by Crippen LogP contribution is -2.42. The lowest BCUT2D eigenvalue weighted by Gasteiger charge is -2.50. The third kappa shape index (κ3) is 11.7. The highest BCUT2D eigenvalue weighted by molar-refractivity contribution is 5.69. The molecule has 6 heteroatoms. The first-order chi connectivity index (χ1) is 19.8. The molecule has 3 fully saturated rings. The van der Waals surface area contributed by atoms with E-state index in [0.717, 1.165) is 81.7 Å². The molecule has 240 valence electrons. The number of hydrogen-bond donors (Lipinski definition) is 4. The normalized spacial score (nSPS) is 32.4. The van der Waals surface area contributed by atoms with Crippen LogP contribution in [0.2, 0.25) is 0 Å². The number of fused-ring (bicyclic) bond motifs is 3. The molecule has 0 aromatic heterocycles. The van der Waals surface area contributed by atoms with Crippen LogP contribution in [-0.4, -0.2) is 57.4 Å². The molecule has 0 aliphatic heterocycles. The highest BCUT2D eigenvalue weighted by Crippen LogP contribution is 2.61. The molecule has 0 amide bonds. The maximum atomic E-state index is 12.1. The van der Waals surface area contributed by atoms with Crippen molar-refractivity contribution in [1.82, 2.24) is 16.0 Å². The fourth-order valence-electron chi connectivity index (χ4n) is 8.90. The van der Waals surface area contributed by atoms with Crippen molar-refractivity contribution < 1.29 is 9.53 Å². The van der Waals surface area contributed by atoms with Gasteiger partial charge in [0.2, 0.25) is 0 Å². The molecule has 0 heterocycles. The Morgan fingerprint density at radius 3 is 2.37 bits per heavy atom. The van der Waals surface area contributed by atoms with Gasteiger partial charge in [-0.05, 0) is 165 Å². The van der Waals surface area contributed by atoms with Crippen molar-refractivity contribution in [1.29, 1.82) is 0 Å². The second-order valence-corrected chi connectivity index (χ2v) is 14.6. The SMILES string of the molecule is CC1CCC2C(CCC[C@H](NCCCNCCCNCCCN)C1)CC[C@@]1(C)C2CC[C@@H]1CCCC(=O)OC(C)C. The van der Waals surface area contributed by atoms with E-state index in [0.29, 0.717) is 17.9 Å². The summed E-state index contributed by atoms with van der Waals surface area (Å²) in [6, 6.07) is 0.695. The Morgan fingerprint density at radius 1 is 0.902 bits per heavy atom. The van der Waals surface area contributed by atoms with Crippen LogP contribution in [0.5, 0.6) is 0 Å². The Bertz CT molecular complexity index is 718. The van der Waals surface area contributed by atoms with E-state index in [1.165, 1.54) is 83.5 Å². The molecule has 0 aromatic rings. The van der Waals surface area contributed by atoms with E-state index in [2.05, 4.69) is 29.8 Å². The summed E-state index contributed by atoms with van der Waals surface area (Å²) < 4.78 is 5.39. The number of carbonyl (C=O) groups is 1. The molecular formula is C35H68N4O2. The molecule has 0 bridgehead atoms. The lowest BCUT2D eigenvalue weighted by molar-refractivity contribution is -0.147. The molecule has 7 atom stereocenters. The fourth-order valence-corrected chi connectivity index (χ4v) is 8.90. The molecule has 0 spiro atoms. The van der Waals surface area contributed by atoms with Crippen LogP contribution < -0.4 is 21.7 Å². The first kappa shape index (κ1) is 34.8. The molecule has 41 heavy (non-hydrogen) atoms. The average Bonchev–Trinajstić information content (AvgIpc) is 3.26. The summed E-state index contributed by atoms with van der Waals surface area (Å²) in [5.41, 5.74) is 6.04. The van der Waals surface area contributed by atoms with Crippen LogP contribution in [0.1, 0.15) is 130 Å². The zero-order chi connectivity index (χ0) is 29.5. The second-order valence-electron chi connectivity index (χ2n) is 14.6. The van der Waals surface area contributed by atoms with E-state index in [1.807, 2.05) is 13.8 Å². The number of hydrogen-bond acceptors (Lipinski definition) is 6. The number of ether oxygens (including phenoxy) is 1. The summed E-state index contributed by atoms with van der Waals surface area (Å²) in [7, 11) is 0. The molecule has 0 aromatic carbocycles. The van der Waals surface area contributed by atoms with Crippen molar-refractivity contribution in [3.8, 4) is 0 Å². The monoisotopic (exact) mass is 577 g/mol. The minimum atomic E-state index is -0.00717. The maximum Gasteiger partial charge on any atom is 0.306 e. The molecule has 4 unspecified atom stereocenters. The Morgan fingerprint density at radius 2 is 1.63 bits per heavy atom. The predicted octanol–water partition coefficient (Wildman–Crippen LogP) is 6.42. The summed E-state index contributed by atoms with van der Waals surface area (Å²) in [5, 5.41) is 11.0. The molecule has 6 nitrogen and oxygen atoms in total. The van der Waals surface area contributed by atoms with Gasteiger partial charge in [0, 0.05) is 12.5 Å². The van der Waals surface area contributed by atoms with Crippen molar-refractivity contribution in [2.75, 3.05) is 39.3 Å². The van der Waals surface area contributed by atoms with Gasteiger partial charge in [-0.3, -0.25) is 4.79 Å². The van der Waals surface area contributed by atoms with E-state index in [1.54, 1.807) is 0 Å². The number of carbonyl (C=O) groups excluding carboxylic acids is 1. The molecule has 3 rings (SSSR count). The largest absolute Gasteiger partial charge is 0.463 e. The van der Waals surface area contributed by atoms with Crippen LogP contribution in [0.25, 0.3) is 0 Å². The highest BCUT2D eigenvalue weighted by atomic mass is 16.5. The van der Waals surface area contributed by atoms with Crippen molar-refractivity contribution in [2.45, 2.75) is 143 Å². The Kier molecular flexibility index (Phi) is 16.0. The summed E-state index contributed by atoms with van der Waals surface area (Å²) in [6.45, 7) is 15.3. The van der Waals surface area contributed by atoms with Crippen molar-refractivity contribution in [3.63, 3.8) is 0 Å². The third-order valence-corrected chi connectivity index (χ3v) is 11.1. The zero-order valence-corrected chi connectivity index (χ0v) is 27.5. The lowest BCUT2D eigenvalue weighted by atomic mass is 9.55. The standard InChI is InChI=1S/C35H68N4O2/c1-27(2)41-34(40)13-6-11-30-15-17-33-32-16-14-28(3)26-31(12-5-10-29(32)18-19-35(30,33)4)39-25-9-24-38-23-8-22-37-21-7-20-36/h27-33,37-39H,5-26,36H2,1-4H3/t28?,29?,30-,31-,32?,33?,35+/m0/s1. The summed E-state index contributed by atoms with van der Waals surface area (Å²) in [5.74, 6) is 4.38. The zero-order valence-electron chi connectivity index (χ0n) is 27.5. The second kappa shape index (κ2) is 18.9. The fraction of sp³-hybridized carbons (Fsp3) is 0.971. The van der Waals surface area contributed by atoms with Gasteiger partial charge in [0.25, 0.3) is 0 Å². The molecule has 0 radical (unpaired) electrons. The van der Waals surface area contributed by atoms with Gasteiger partial charge in [0.1, 0.15) is 0 Å². The molecule has 5 N–H and O–H groups in total. The van der Waals surface area contributed by atoms with Gasteiger partial charge < -0.3 is 26.4 Å². The maximum absolute atomic E-state index is 12.1. The van der Waals surface area contributed by atoms with Crippen LogP contribution in [0.3, 0.4) is 0 Å². The van der Waals surface area contributed by atoms with Crippen LogP contribution in [-0.2, 0) is 9.53 Å². The van der Waals surface area contributed by atoms with Gasteiger partial charge in [-0.15, -0.1) is 0 Å². The van der Waals surface area contributed by atoms with Crippen LogP contribution in [0.15, 0.2) is 0 Å². The summed E-state index contributed by atoms with van der Waals surface area (Å²) >= 11 is 0. The minimum absolute atomic E-state index is 0.00409. The van der Waals surface area contributed by atoms with Gasteiger partial charge in [-0.1, -0.05) is 33.1 Å².